The number of ether oxygens (including phenoxy) is 2. The zero-order chi connectivity index (χ0) is 20.7. The lowest BCUT2D eigenvalue weighted by molar-refractivity contribution is -0.0159. The van der Waals surface area contributed by atoms with E-state index in [1.807, 2.05) is 6.07 Å². The molecule has 0 radical (unpaired) electrons. The fourth-order valence-corrected chi connectivity index (χ4v) is 6.54. The van der Waals surface area contributed by atoms with E-state index in [4.69, 9.17) is 9.47 Å². The number of hydrogen-bond acceptors (Lipinski definition) is 3. The molecule has 3 nitrogen and oxygen atoms in total. The van der Waals surface area contributed by atoms with E-state index in [1.54, 1.807) is 7.11 Å². The molecule has 30 heavy (non-hydrogen) atoms. The Bertz CT molecular complexity index is 934. The summed E-state index contributed by atoms with van der Waals surface area (Å²) in [5.74, 6) is 2.71. The van der Waals surface area contributed by atoms with Gasteiger partial charge in [-0.05, 0) is 84.3 Å². The van der Waals surface area contributed by atoms with Gasteiger partial charge in [-0.15, -0.1) is 0 Å². The largest absolute Gasteiger partial charge is 0.468 e. The van der Waals surface area contributed by atoms with E-state index in [0.29, 0.717) is 24.5 Å². The Morgan fingerprint density at radius 2 is 1.97 bits per heavy atom. The number of aliphatic hydroxyl groups is 1. The molecule has 0 bridgehead atoms. The number of rotatable bonds is 4. The molecule has 1 N–H and O–H groups in total. The highest BCUT2D eigenvalue weighted by Crippen LogP contribution is 2.62. The average Bonchev–Trinajstić information content (AvgIpc) is 3.03. The summed E-state index contributed by atoms with van der Waals surface area (Å²) in [5, 5.41) is 11.3. The molecule has 0 amide bonds. The van der Waals surface area contributed by atoms with Gasteiger partial charge in [0.1, 0.15) is 5.75 Å². The second kappa shape index (κ2) is 7.86. The average molecular weight is 405 g/mol. The molecule has 158 valence electrons. The first-order valence-corrected chi connectivity index (χ1v) is 11.3. The molecule has 2 aromatic carbocycles. The number of benzene rings is 2. The van der Waals surface area contributed by atoms with Crippen molar-refractivity contribution in [2.75, 3.05) is 13.9 Å². The summed E-state index contributed by atoms with van der Waals surface area (Å²) in [7, 11) is 1.65. The van der Waals surface area contributed by atoms with Crippen molar-refractivity contribution in [3.05, 3.63) is 70.8 Å². The summed E-state index contributed by atoms with van der Waals surface area (Å²) in [6, 6.07) is 17.0. The second-order valence-electron chi connectivity index (χ2n) is 9.61. The SMILES string of the molecule is COCOc1ccc2c(c1)CC[C@@H]1[C@@H]2CC[C@]2(C)[C@@H](O)/C(=C/c3ccccc3)C[C@@H]12. The van der Waals surface area contributed by atoms with Crippen LogP contribution in [0.4, 0.5) is 0 Å². The fourth-order valence-electron chi connectivity index (χ4n) is 6.54. The molecule has 2 saturated carbocycles. The van der Waals surface area contributed by atoms with Crippen LogP contribution in [-0.2, 0) is 11.2 Å². The Kier molecular flexibility index (Phi) is 5.20. The number of aryl methyl sites for hydroxylation is 1. The van der Waals surface area contributed by atoms with Gasteiger partial charge in [0.05, 0.1) is 6.10 Å². The third-order valence-corrected chi connectivity index (χ3v) is 8.06. The topological polar surface area (TPSA) is 38.7 Å². The van der Waals surface area contributed by atoms with E-state index in [2.05, 4.69) is 55.5 Å². The van der Waals surface area contributed by atoms with E-state index in [0.717, 1.165) is 25.0 Å². The summed E-state index contributed by atoms with van der Waals surface area (Å²) >= 11 is 0. The number of aliphatic hydroxyl groups excluding tert-OH is 1. The Balaban J connectivity index is 1.42. The zero-order valence-corrected chi connectivity index (χ0v) is 18.0. The lowest BCUT2D eigenvalue weighted by atomic mass is 9.55. The van der Waals surface area contributed by atoms with E-state index in [1.165, 1.54) is 35.1 Å². The number of methoxy groups -OCH3 is 1. The summed E-state index contributed by atoms with van der Waals surface area (Å²) in [6.45, 7) is 2.63. The van der Waals surface area contributed by atoms with Gasteiger partial charge >= 0.3 is 0 Å². The van der Waals surface area contributed by atoms with Gasteiger partial charge in [0.2, 0.25) is 0 Å². The van der Waals surface area contributed by atoms with Gasteiger partial charge in [0, 0.05) is 12.5 Å². The first kappa shape index (κ1) is 19.8. The third kappa shape index (κ3) is 3.29. The minimum Gasteiger partial charge on any atom is -0.468 e. The maximum absolute atomic E-state index is 11.3. The highest BCUT2D eigenvalue weighted by atomic mass is 16.7. The van der Waals surface area contributed by atoms with Crippen molar-refractivity contribution in [2.45, 2.75) is 51.0 Å². The van der Waals surface area contributed by atoms with Gasteiger partial charge in [-0.3, -0.25) is 0 Å². The standard InChI is InChI=1S/C27H32O3/c1-27-13-12-23-22-11-9-21(30-17-29-2)15-19(22)8-10-24(23)25(27)16-20(26(27)28)14-18-6-4-3-5-7-18/h3-7,9,11,14-15,23-26,28H,8,10,12-13,16-17H2,1-2H3/b20-14+/t23-,24-,25+,26+,27+/m1/s1. The van der Waals surface area contributed by atoms with E-state index >= 15 is 0 Å². The van der Waals surface area contributed by atoms with E-state index in [9.17, 15) is 5.11 Å². The highest BCUT2D eigenvalue weighted by Gasteiger charge is 2.56. The van der Waals surface area contributed by atoms with Gasteiger partial charge in [0.25, 0.3) is 0 Å². The summed E-state index contributed by atoms with van der Waals surface area (Å²) in [5.41, 5.74) is 5.37. The van der Waals surface area contributed by atoms with Crippen LogP contribution in [-0.4, -0.2) is 25.1 Å². The smallest absolute Gasteiger partial charge is 0.188 e. The van der Waals surface area contributed by atoms with Crippen LogP contribution in [0.2, 0.25) is 0 Å². The molecule has 0 aliphatic heterocycles. The molecule has 3 aliphatic rings. The summed E-state index contributed by atoms with van der Waals surface area (Å²) < 4.78 is 10.7. The van der Waals surface area contributed by atoms with Crippen molar-refractivity contribution in [3.63, 3.8) is 0 Å². The van der Waals surface area contributed by atoms with Crippen LogP contribution in [0.1, 0.15) is 55.2 Å². The highest BCUT2D eigenvalue weighted by molar-refractivity contribution is 5.55. The second-order valence-corrected chi connectivity index (χ2v) is 9.61. The number of fused-ring (bicyclic) bond motifs is 5. The first-order valence-electron chi connectivity index (χ1n) is 11.3. The van der Waals surface area contributed by atoms with Crippen LogP contribution in [0.5, 0.6) is 5.75 Å². The Labute approximate surface area is 179 Å². The molecule has 0 spiro atoms. The Morgan fingerprint density at radius 1 is 1.13 bits per heavy atom. The molecule has 5 rings (SSSR count). The van der Waals surface area contributed by atoms with Crippen molar-refractivity contribution in [1.82, 2.24) is 0 Å². The van der Waals surface area contributed by atoms with Crippen molar-refractivity contribution in [3.8, 4) is 5.75 Å². The molecule has 0 heterocycles. The lowest BCUT2D eigenvalue weighted by Crippen LogP contribution is -2.44. The van der Waals surface area contributed by atoms with Crippen molar-refractivity contribution in [1.29, 1.82) is 0 Å². The summed E-state index contributed by atoms with van der Waals surface area (Å²) in [4.78, 5) is 0. The quantitative estimate of drug-likeness (QED) is 0.676. The third-order valence-electron chi connectivity index (χ3n) is 8.06. The molecular formula is C27H32O3. The number of hydrogen-bond donors (Lipinski definition) is 1. The van der Waals surface area contributed by atoms with Gasteiger partial charge in [-0.1, -0.05) is 49.4 Å². The molecule has 0 saturated heterocycles. The van der Waals surface area contributed by atoms with Crippen LogP contribution >= 0.6 is 0 Å². The maximum atomic E-state index is 11.3. The monoisotopic (exact) mass is 404 g/mol. The predicted molar refractivity (Wildman–Crippen MR) is 119 cm³/mol. The molecule has 0 aromatic heterocycles. The Morgan fingerprint density at radius 3 is 2.77 bits per heavy atom. The fraction of sp³-hybridized carbons (Fsp3) is 0.481. The minimum atomic E-state index is -0.324. The van der Waals surface area contributed by atoms with Gasteiger partial charge in [-0.25, -0.2) is 0 Å². The van der Waals surface area contributed by atoms with E-state index in [-0.39, 0.29) is 11.5 Å². The van der Waals surface area contributed by atoms with Crippen molar-refractivity contribution < 1.29 is 14.6 Å². The summed E-state index contributed by atoms with van der Waals surface area (Å²) in [6.07, 6.45) is 7.50. The van der Waals surface area contributed by atoms with Crippen molar-refractivity contribution >= 4 is 6.08 Å². The zero-order valence-electron chi connectivity index (χ0n) is 18.0. The molecule has 3 heteroatoms. The predicted octanol–water partition coefficient (Wildman–Crippen LogP) is 5.58. The Hall–Kier alpha value is -2.10. The first-order chi connectivity index (χ1) is 14.6. The molecular weight excluding hydrogens is 372 g/mol. The van der Waals surface area contributed by atoms with Crippen molar-refractivity contribution in [2.24, 2.45) is 17.3 Å². The molecule has 2 fully saturated rings. The van der Waals surface area contributed by atoms with Gasteiger partial charge < -0.3 is 14.6 Å². The lowest BCUT2D eigenvalue weighted by Gasteiger charge is -2.49. The van der Waals surface area contributed by atoms with Crippen LogP contribution in [0.15, 0.2) is 54.1 Å². The normalized spacial score (nSPS) is 33.6. The minimum absolute atomic E-state index is 0.000794. The molecule has 2 aromatic rings. The van der Waals surface area contributed by atoms with E-state index < -0.39 is 0 Å². The van der Waals surface area contributed by atoms with Crippen LogP contribution < -0.4 is 4.74 Å². The molecule has 3 aliphatic carbocycles. The van der Waals surface area contributed by atoms with Crippen LogP contribution in [0, 0.1) is 17.3 Å². The van der Waals surface area contributed by atoms with Crippen LogP contribution in [0.25, 0.3) is 6.08 Å². The maximum Gasteiger partial charge on any atom is 0.188 e. The molecule has 0 unspecified atom stereocenters. The molecule has 5 atom stereocenters. The van der Waals surface area contributed by atoms with Gasteiger partial charge in [-0.2, -0.15) is 0 Å². The van der Waals surface area contributed by atoms with Crippen LogP contribution in [0.3, 0.4) is 0 Å². The van der Waals surface area contributed by atoms with Gasteiger partial charge in [0.15, 0.2) is 6.79 Å².